The molecule has 0 N–H and O–H groups in total. The van der Waals surface area contributed by atoms with E-state index in [1.54, 1.807) is 0 Å². The van der Waals surface area contributed by atoms with Gasteiger partial charge in [-0.05, 0) is 155 Å². The van der Waals surface area contributed by atoms with Crippen LogP contribution in [0.25, 0.3) is 133 Å². The van der Waals surface area contributed by atoms with Crippen molar-refractivity contribution < 1.29 is 8.83 Å². The lowest BCUT2D eigenvalue weighted by Crippen LogP contribution is -2.61. The summed E-state index contributed by atoms with van der Waals surface area (Å²) < 4.78 is 13.6. The summed E-state index contributed by atoms with van der Waals surface area (Å²) in [5.74, 6) is 0. The number of para-hydroxylation sites is 4. The lowest BCUT2D eigenvalue weighted by atomic mass is 9.33. The van der Waals surface area contributed by atoms with Crippen LogP contribution < -0.4 is 26.2 Å². The van der Waals surface area contributed by atoms with Crippen LogP contribution in [0.1, 0.15) is 26.3 Å². The molecule has 0 bridgehead atoms. The number of furan rings is 2. The van der Waals surface area contributed by atoms with Crippen molar-refractivity contribution in [3.05, 3.63) is 345 Å². The molecule has 0 aliphatic carbocycles. The van der Waals surface area contributed by atoms with Crippen molar-refractivity contribution >= 4 is 101 Å². The third-order valence-corrected chi connectivity index (χ3v) is 20.6. The van der Waals surface area contributed by atoms with Crippen LogP contribution in [0, 0.1) is 0 Å². The molecular formula is C94H65BN2O2. The molecule has 0 unspecified atom stereocenters. The molecule has 99 heavy (non-hydrogen) atoms. The molecule has 15 aromatic carbocycles. The first-order valence-electron chi connectivity index (χ1n) is 34.3. The molecule has 19 rings (SSSR count). The van der Waals surface area contributed by atoms with Crippen molar-refractivity contribution in [1.82, 2.24) is 0 Å². The predicted octanol–water partition coefficient (Wildman–Crippen LogP) is 24.2. The molecule has 0 fully saturated rings. The maximum absolute atomic E-state index is 6.81. The fourth-order valence-corrected chi connectivity index (χ4v) is 16.0. The van der Waals surface area contributed by atoms with E-state index in [2.05, 4.69) is 370 Å². The molecule has 466 valence electrons. The Kier molecular flexibility index (Phi) is 13.6. The van der Waals surface area contributed by atoms with Gasteiger partial charge in [-0.25, -0.2) is 0 Å². The van der Waals surface area contributed by atoms with Crippen LogP contribution in [0.5, 0.6) is 0 Å². The first-order valence-corrected chi connectivity index (χ1v) is 34.3. The highest BCUT2D eigenvalue weighted by molar-refractivity contribution is 7.00. The normalized spacial score (nSPS) is 12.5. The number of nitrogens with zero attached hydrogens (tertiary/aromatic N) is 2. The van der Waals surface area contributed by atoms with E-state index in [9.17, 15) is 0 Å². The van der Waals surface area contributed by atoms with E-state index in [0.717, 1.165) is 167 Å². The zero-order chi connectivity index (χ0) is 65.9. The maximum atomic E-state index is 6.81. The van der Waals surface area contributed by atoms with Gasteiger partial charge in [0, 0.05) is 66.5 Å². The lowest BCUT2D eigenvalue weighted by Gasteiger charge is -2.46. The highest BCUT2D eigenvalue weighted by atomic mass is 16.3. The zero-order valence-electron chi connectivity index (χ0n) is 55.1. The molecule has 0 radical (unpaired) electrons. The molecule has 0 atom stereocenters. The third-order valence-electron chi connectivity index (χ3n) is 20.6. The van der Waals surface area contributed by atoms with Crippen LogP contribution in [0.15, 0.2) is 349 Å². The summed E-state index contributed by atoms with van der Waals surface area (Å²) >= 11 is 0. The molecule has 2 aromatic heterocycles. The van der Waals surface area contributed by atoms with E-state index in [1.165, 1.54) is 22.0 Å². The Morgan fingerprint density at radius 3 is 0.990 bits per heavy atom. The first-order chi connectivity index (χ1) is 48.8. The van der Waals surface area contributed by atoms with Gasteiger partial charge in [0.15, 0.2) is 0 Å². The Labute approximate surface area is 576 Å². The quantitative estimate of drug-likeness (QED) is 0.128. The summed E-state index contributed by atoms with van der Waals surface area (Å²) in [4.78, 5) is 5.35. The maximum Gasteiger partial charge on any atom is 0.252 e. The number of rotatable bonds is 10. The van der Waals surface area contributed by atoms with E-state index in [0.29, 0.717) is 0 Å². The summed E-state index contributed by atoms with van der Waals surface area (Å²) in [6.07, 6.45) is 0. The minimum absolute atomic E-state index is 0.259. The Hall–Kier alpha value is -12.4. The van der Waals surface area contributed by atoms with E-state index in [4.69, 9.17) is 8.83 Å². The summed E-state index contributed by atoms with van der Waals surface area (Å²) in [6, 6.07) is 126. The summed E-state index contributed by atoms with van der Waals surface area (Å²) in [6.45, 7) is 6.86. The van der Waals surface area contributed by atoms with Crippen molar-refractivity contribution in [2.45, 2.75) is 26.2 Å². The number of fused-ring (bicyclic) bond motifs is 10. The van der Waals surface area contributed by atoms with Crippen molar-refractivity contribution in [1.29, 1.82) is 0 Å². The van der Waals surface area contributed by atoms with Gasteiger partial charge >= 0.3 is 0 Å². The fourth-order valence-electron chi connectivity index (χ4n) is 16.0. The highest BCUT2D eigenvalue weighted by Gasteiger charge is 2.46. The molecule has 0 amide bonds. The number of anilines is 6. The second-order valence-corrected chi connectivity index (χ2v) is 27.4. The Morgan fingerprint density at radius 2 is 0.576 bits per heavy atom. The van der Waals surface area contributed by atoms with Gasteiger partial charge in [-0.15, -0.1) is 0 Å². The second kappa shape index (κ2) is 23.2. The van der Waals surface area contributed by atoms with Crippen LogP contribution >= 0.6 is 0 Å². The molecule has 4 heterocycles. The predicted molar refractivity (Wildman–Crippen MR) is 417 cm³/mol. The SMILES string of the molecule is CC(C)(C)c1cc2c3c(c1)N(c1c(-c4cccc(-c5ccccc5)c4)cccc1-c1cccc4oc5ccccc5c14)c1ccc(-c4ccccc4)cc1B3c1cc(-c3ccccc3)ccc1N2c1c(-c2cccc(-c3ccccc3)c2)cccc1-c1cccc2oc3ccccc3c12. The summed E-state index contributed by atoms with van der Waals surface area (Å²) in [5, 5.41) is 4.32. The van der Waals surface area contributed by atoms with E-state index in [-0.39, 0.29) is 12.1 Å². The molecule has 17 aromatic rings. The molecule has 4 nitrogen and oxygen atoms in total. The van der Waals surface area contributed by atoms with Crippen LogP contribution in [-0.4, -0.2) is 6.71 Å². The molecule has 0 spiro atoms. The third kappa shape index (κ3) is 9.59. The number of hydrogen-bond acceptors (Lipinski definition) is 4. The van der Waals surface area contributed by atoms with Gasteiger partial charge in [-0.2, -0.15) is 0 Å². The van der Waals surface area contributed by atoms with Gasteiger partial charge in [-0.3, -0.25) is 0 Å². The second-order valence-electron chi connectivity index (χ2n) is 27.4. The van der Waals surface area contributed by atoms with E-state index >= 15 is 0 Å². The van der Waals surface area contributed by atoms with Crippen LogP contribution in [-0.2, 0) is 5.41 Å². The van der Waals surface area contributed by atoms with Gasteiger partial charge in [0.1, 0.15) is 22.3 Å². The van der Waals surface area contributed by atoms with Crippen molar-refractivity contribution in [3.8, 4) is 89.0 Å². The van der Waals surface area contributed by atoms with Gasteiger partial charge in [0.25, 0.3) is 6.71 Å². The van der Waals surface area contributed by atoms with Crippen LogP contribution in [0.3, 0.4) is 0 Å². The zero-order valence-corrected chi connectivity index (χ0v) is 55.1. The van der Waals surface area contributed by atoms with Crippen LogP contribution in [0.2, 0.25) is 0 Å². The van der Waals surface area contributed by atoms with Gasteiger partial charge in [0.05, 0.1) is 11.4 Å². The van der Waals surface area contributed by atoms with E-state index in [1.807, 2.05) is 0 Å². The monoisotopic (exact) mass is 1260 g/mol. The van der Waals surface area contributed by atoms with Crippen LogP contribution in [0.4, 0.5) is 34.1 Å². The average Bonchev–Trinajstić information content (AvgIpc) is 1.14. The number of hydrogen-bond donors (Lipinski definition) is 0. The molecule has 0 saturated carbocycles. The summed E-state index contributed by atoms with van der Waals surface area (Å²) in [7, 11) is 0. The number of benzene rings is 15. The Balaban J connectivity index is 0.980. The molecule has 5 heteroatoms. The first kappa shape index (κ1) is 58.0. The van der Waals surface area contributed by atoms with Crippen molar-refractivity contribution in [2.75, 3.05) is 9.80 Å². The van der Waals surface area contributed by atoms with Crippen molar-refractivity contribution in [2.24, 2.45) is 0 Å². The van der Waals surface area contributed by atoms with Gasteiger partial charge in [-0.1, -0.05) is 300 Å². The standard InChI is InChI=1S/C94H65BN2O2/c1-94(2,3)70-58-83-91-84(59-70)97(93-72(69-37-21-35-65(55-69)61-28-10-5-11-29-61)41-23-45-76(93)74-43-25-49-88-90(74)78-39-17-19-47-86(78)99-88)82-53-51-67(63-32-14-7-15-33-63)57-80(82)95(91)79-56-66(62-30-12-6-13-31-62)50-52-81(79)96(83)92-71(68-36-20-34-64(54-68)60-26-8-4-9-27-60)40-22-44-75(92)73-42-24-48-87-89(73)77-38-16-18-46-85(77)98-87/h4-59H,1-3H3. The molecule has 2 aliphatic rings. The smallest absolute Gasteiger partial charge is 0.252 e. The molecule has 2 aliphatic heterocycles. The largest absolute Gasteiger partial charge is 0.456 e. The van der Waals surface area contributed by atoms with Crippen molar-refractivity contribution in [3.63, 3.8) is 0 Å². The topological polar surface area (TPSA) is 32.8 Å². The van der Waals surface area contributed by atoms with Gasteiger partial charge in [0.2, 0.25) is 0 Å². The minimum atomic E-state index is -0.339. The Bertz CT molecular complexity index is 5680. The fraction of sp³-hybridized carbons (Fsp3) is 0.0426. The molecular weight excluding hydrogens is 1200 g/mol. The van der Waals surface area contributed by atoms with E-state index < -0.39 is 0 Å². The van der Waals surface area contributed by atoms with Gasteiger partial charge < -0.3 is 18.6 Å². The minimum Gasteiger partial charge on any atom is -0.456 e. The molecule has 0 saturated heterocycles. The highest BCUT2D eigenvalue weighted by Crippen LogP contribution is 2.56. The lowest BCUT2D eigenvalue weighted by molar-refractivity contribution is 0.590. The summed E-state index contributed by atoms with van der Waals surface area (Å²) in [5.41, 5.74) is 32.6. The average molecular weight is 1270 g/mol. The Morgan fingerprint density at radius 1 is 0.253 bits per heavy atom.